The topological polar surface area (TPSA) is 35.3 Å². The average molecular weight is 239 g/mol. The Hall–Kier alpha value is -2.29. The first kappa shape index (κ1) is 10.8. The van der Waals surface area contributed by atoms with E-state index in [0.29, 0.717) is 12.5 Å². The van der Waals surface area contributed by atoms with Crippen LogP contribution in [-0.4, -0.2) is 11.6 Å². The Morgan fingerprint density at radius 1 is 1.11 bits per heavy atom. The number of benzene rings is 1. The summed E-state index contributed by atoms with van der Waals surface area (Å²) in [6.07, 6.45) is 1.64. The first-order valence-corrected chi connectivity index (χ1v) is 5.94. The monoisotopic (exact) mass is 239 g/mol. The normalized spacial score (nSPS) is 10.7. The van der Waals surface area contributed by atoms with Crippen LogP contribution in [0.25, 0.3) is 22.7 Å². The molecule has 0 radical (unpaired) electrons. The van der Waals surface area contributed by atoms with E-state index < -0.39 is 0 Å². The molecule has 3 heteroatoms. The number of hydrogen-bond donors (Lipinski definition) is 0. The molecule has 0 bridgehead atoms. The zero-order valence-electron chi connectivity index (χ0n) is 10.1. The summed E-state index contributed by atoms with van der Waals surface area (Å²) in [7, 11) is 0. The lowest BCUT2D eigenvalue weighted by Crippen LogP contribution is -1.90. The standard InChI is InChI=1S/C15H13NO2/c1-2-17-13-7-5-11(6-8-13)14-10-12-4-3-9-18-15(12)16-14/h3-10H,2H2,1H3. The lowest BCUT2D eigenvalue weighted by molar-refractivity contribution is 0.340. The second kappa shape index (κ2) is 4.53. The summed E-state index contributed by atoms with van der Waals surface area (Å²) in [4.78, 5) is 4.45. The summed E-state index contributed by atoms with van der Waals surface area (Å²) in [5.74, 6) is 1.54. The highest BCUT2D eigenvalue weighted by atomic mass is 16.5. The van der Waals surface area contributed by atoms with Crippen LogP contribution in [0, 0.1) is 0 Å². The molecule has 0 aliphatic carbocycles. The average Bonchev–Trinajstić information content (AvgIpc) is 2.84. The van der Waals surface area contributed by atoms with Gasteiger partial charge in [-0.05, 0) is 49.4 Å². The van der Waals surface area contributed by atoms with Gasteiger partial charge in [-0.2, -0.15) is 0 Å². The van der Waals surface area contributed by atoms with E-state index in [1.165, 1.54) is 0 Å². The van der Waals surface area contributed by atoms with Crippen molar-refractivity contribution in [3.05, 3.63) is 48.7 Å². The van der Waals surface area contributed by atoms with Crippen molar-refractivity contribution in [2.45, 2.75) is 6.92 Å². The number of nitrogens with zero attached hydrogens (tertiary/aromatic N) is 1. The summed E-state index contributed by atoms with van der Waals surface area (Å²) < 4.78 is 10.8. The predicted molar refractivity (Wildman–Crippen MR) is 69.7 cm³/mol. The van der Waals surface area contributed by atoms with E-state index >= 15 is 0 Å². The van der Waals surface area contributed by atoms with Crippen LogP contribution in [0.15, 0.2) is 53.1 Å². The van der Waals surface area contributed by atoms with Crippen molar-refractivity contribution in [2.75, 3.05) is 6.61 Å². The fraction of sp³-hybridized carbons (Fsp3) is 0.133. The van der Waals surface area contributed by atoms with Crippen molar-refractivity contribution in [3.8, 4) is 28.5 Å². The maximum Gasteiger partial charge on any atom is 0.226 e. The van der Waals surface area contributed by atoms with Gasteiger partial charge in [0.15, 0.2) is 0 Å². The largest absolute Gasteiger partial charge is 0.494 e. The molecule has 2 aliphatic rings. The molecular formula is C15H13NO2. The number of rotatable bonds is 3. The van der Waals surface area contributed by atoms with E-state index in [1.54, 1.807) is 6.26 Å². The minimum absolute atomic E-state index is 0.668. The van der Waals surface area contributed by atoms with Gasteiger partial charge in [0.2, 0.25) is 5.89 Å². The third-order valence-electron chi connectivity index (χ3n) is 2.76. The Kier molecular flexibility index (Phi) is 2.73. The van der Waals surface area contributed by atoms with E-state index in [-0.39, 0.29) is 0 Å². The molecule has 0 atom stereocenters. The molecule has 1 aromatic carbocycles. The third-order valence-corrected chi connectivity index (χ3v) is 2.76. The summed E-state index contributed by atoms with van der Waals surface area (Å²) in [6, 6.07) is 13.8. The zero-order valence-corrected chi connectivity index (χ0v) is 10.1. The maximum atomic E-state index is 5.42. The SMILES string of the molecule is CCOc1ccc(-c2cc3cccoc-3n2)cc1. The van der Waals surface area contributed by atoms with Gasteiger partial charge in [-0.3, -0.25) is 0 Å². The molecule has 0 unspecified atom stereocenters. The Balaban J connectivity index is 1.97. The lowest BCUT2D eigenvalue weighted by atomic mass is 10.1. The summed E-state index contributed by atoms with van der Waals surface area (Å²) >= 11 is 0. The molecule has 0 amide bonds. The van der Waals surface area contributed by atoms with Crippen molar-refractivity contribution < 1.29 is 9.15 Å². The smallest absolute Gasteiger partial charge is 0.226 e. The summed E-state index contributed by atoms with van der Waals surface area (Å²) in [5.41, 5.74) is 2.99. The molecule has 3 rings (SSSR count). The van der Waals surface area contributed by atoms with E-state index in [1.807, 2.05) is 49.4 Å². The van der Waals surface area contributed by atoms with Crippen molar-refractivity contribution in [1.29, 1.82) is 0 Å². The molecule has 18 heavy (non-hydrogen) atoms. The van der Waals surface area contributed by atoms with E-state index in [4.69, 9.17) is 9.15 Å². The molecule has 0 spiro atoms. The third kappa shape index (κ3) is 1.95. The minimum Gasteiger partial charge on any atom is -0.494 e. The fourth-order valence-corrected chi connectivity index (χ4v) is 1.91. The minimum atomic E-state index is 0.668. The van der Waals surface area contributed by atoms with Crippen molar-refractivity contribution in [2.24, 2.45) is 0 Å². The van der Waals surface area contributed by atoms with Gasteiger partial charge in [-0.15, -0.1) is 0 Å². The summed E-state index contributed by atoms with van der Waals surface area (Å²) in [6.45, 7) is 2.65. The second-order valence-electron chi connectivity index (χ2n) is 3.97. The van der Waals surface area contributed by atoms with E-state index in [9.17, 15) is 0 Å². The van der Waals surface area contributed by atoms with Gasteiger partial charge in [0.05, 0.1) is 18.6 Å². The molecule has 0 N–H and O–H groups in total. The Labute approximate surface area is 105 Å². The van der Waals surface area contributed by atoms with Gasteiger partial charge >= 0.3 is 0 Å². The molecule has 0 saturated carbocycles. The Morgan fingerprint density at radius 2 is 1.94 bits per heavy atom. The summed E-state index contributed by atoms with van der Waals surface area (Å²) in [5, 5.41) is 0. The number of fused-ring (bicyclic) bond motifs is 1. The highest BCUT2D eigenvalue weighted by Gasteiger charge is 2.11. The van der Waals surface area contributed by atoms with Gasteiger partial charge in [-0.25, -0.2) is 4.98 Å². The first-order chi connectivity index (χ1) is 8.86. The van der Waals surface area contributed by atoms with E-state index in [0.717, 1.165) is 22.6 Å². The molecule has 90 valence electrons. The van der Waals surface area contributed by atoms with Crippen molar-refractivity contribution >= 4 is 0 Å². The van der Waals surface area contributed by atoms with Gasteiger partial charge in [0.1, 0.15) is 5.75 Å². The van der Waals surface area contributed by atoms with Crippen LogP contribution in [0.2, 0.25) is 0 Å². The molecule has 0 aromatic heterocycles. The molecular weight excluding hydrogens is 226 g/mol. The van der Waals surface area contributed by atoms with Gasteiger partial charge in [-0.1, -0.05) is 0 Å². The van der Waals surface area contributed by atoms with Crippen LogP contribution < -0.4 is 4.74 Å². The Bertz CT molecular complexity index is 583. The van der Waals surface area contributed by atoms with Crippen LogP contribution in [0.4, 0.5) is 0 Å². The lowest BCUT2D eigenvalue weighted by Gasteiger charge is -2.02. The highest BCUT2D eigenvalue weighted by Crippen LogP contribution is 2.29. The van der Waals surface area contributed by atoms with Crippen LogP contribution in [0.1, 0.15) is 6.92 Å². The number of ether oxygens (including phenoxy) is 1. The van der Waals surface area contributed by atoms with Crippen LogP contribution in [-0.2, 0) is 0 Å². The molecule has 2 heterocycles. The maximum absolute atomic E-state index is 5.42. The molecule has 0 fully saturated rings. The number of hydrogen-bond acceptors (Lipinski definition) is 3. The molecule has 1 aromatic rings. The highest BCUT2D eigenvalue weighted by molar-refractivity contribution is 5.70. The van der Waals surface area contributed by atoms with E-state index in [2.05, 4.69) is 4.98 Å². The first-order valence-electron chi connectivity index (χ1n) is 5.94. The van der Waals surface area contributed by atoms with Gasteiger partial charge in [0, 0.05) is 11.1 Å². The van der Waals surface area contributed by atoms with Gasteiger partial charge < -0.3 is 9.15 Å². The second-order valence-corrected chi connectivity index (χ2v) is 3.97. The van der Waals surface area contributed by atoms with Crippen molar-refractivity contribution in [3.63, 3.8) is 0 Å². The molecule has 3 nitrogen and oxygen atoms in total. The van der Waals surface area contributed by atoms with Crippen LogP contribution >= 0.6 is 0 Å². The zero-order chi connectivity index (χ0) is 12.4. The predicted octanol–water partition coefficient (Wildman–Crippen LogP) is 3.85. The molecule has 0 saturated heterocycles. The van der Waals surface area contributed by atoms with Crippen molar-refractivity contribution in [1.82, 2.24) is 4.98 Å². The fourth-order valence-electron chi connectivity index (χ4n) is 1.91. The quantitative estimate of drug-likeness (QED) is 0.696. The van der Waals surface area contributed by atoms with Crippen LogP contribution in [0.3, 0.4) is 0 Å². The molecule has 2 aliphatic heterocycles. The van der Waals surface area contributed by atoms with Gasteiger partial charge in [0.25, 0.3) is 0 Å². The Morgan fingerprint density at radius 3 is 2.67 bits per heavy atom. The number of aromatic nitrogens is 1. The van der Waals surface area contributed by atoms with Crippen LogP contribution in [0.5, 0.6) is 5.75 Å².